The molecular weight excluding hydrogens is 362 g/mol. The molecule has 1 aliphatic rings. The van der Waals surface area contributed by atoms with Crippen LogP contribution in [0.5, 0.6) is 0 Å². The molecule has 0 bridgehead atoms. The fraction of sp³-hybridized carbons (Fsp3) is 0.211. The Kier molecular flexibility index (Phi) is 4.77. The lowest BCUT2D eigenvalue weighted by molar-refractivity contribution is -0.125. The summed E-state index contributed by atoms with van der Waals surface area (Å²) >= 11 is -1.97. The molecule has 0 radical (unpaired) electrons. The fourth-order valence-electron chi connectivity index (χ4n) is 2.82. The van der Waals surface area contributed by atoms with Crippen LogP contribution in [0.2, 0.25) is 0 Å². The summed E-state index contributed by atoms with van der Waals surface area (Å²) < 4.78 is 52.9. The second kappa shape index (κ2) is 6.74. The molecule has 1 aliphatic heterocycles. The van der Waals surface area contributed by atoms with Crippen LogP contribution in [0.4, 0.5) is 8.78 Å². The Morgan fingerprint density at radius 2 is 1.62 bits per heavy atom. The Bertz CT molecular complexity index is 913. The van der Waals surface area contributed by atoms with E-state index in [4.69, 9.17) is 9.29 Å². The van der Waals surface area contributed by atoms with Gasteiger partial charge in [-0.05, 0) is 37.1 Å². The molecule has 3 rings (SSSR count). The molecule has 0 aromatic heterocycles. The van der Waals surface area contributed by atoms with Gasteiger partial charge in [-0.15, -0.1) is 0 Å². The summed E-state index contributed by atoms with van der Waals surface area (Å²) in [7, 11) is 0. The van der Waals surface area contributed by atoms with Gasteiger partial charge in [0.25, 0.3) is 0 Å². The van der Waals surface area contributed by atoms with Crippen molar-refractivity contribution in [2.24, 2.45) is 0 Å². The average molecular weight is 378 g/mol. The van der Waals surface area contributed by atoms with Crippen LogP contribution in [0.3, 0.4) is 0 Å². The van der Waals surface area contributed by atoms with Gasteiger partial charge >= 0.3 is 0 Å². The van der Waals surface area contributed by atoms with Gasteiger partial charge in [-0.2, -0.15) is 0 Å². The quantitative estimate of drug-likeness (QED) is 0.819. The van der Waals surface area contributed by atoms with Crippen LogP contribution in [0.15, 0.2) is 42.5 Å². The number of carbonyl (C=O) groups is 1. The SMILES string of the molecule is CC1(C)OC(c2ccc(CS(=O)O)cc2)=C(c2cc(F)cc(F)c2)C1=O. The number of rotatable bonds is 4. The standard InChI is InChI=1S/C19H16F2O4S/c1-19(2)18(22)16(13-7-14(20)9-15(21)8-13)17(25-19)12-5-3-11(4-6-12)10-26(23)24/h3-9H,10H2,1-2H3,(H,23,24). The van der Waals surface area contributed by atoms with Gasteiger partial charge in [0.1, 0.15) is 17.4 Å². The van der Waals surface area contributed by atoms with Gasteiger partial charge < -0.3 is 9.29 Å². The van der Waals surface area contributed by atoms with Crippen molar-refractivity contribution in [3.05, 3.63) is 70.8 Å². The highest BCUT2D eigenvalue weighted by Crippen LogP contribution is 2.41. The van der Waals surface area contributed by atoms with Crippen molar-refractivity contribution in [2.75, 3.05) is 0 Å². The molecule has 4 nitrogen and oxygen atoms in total. The van der Waals surface area contributed by atoms with Crippen LogP contribution in [-0.2, 0) is 26.4 Å². The van der Waals surface area contributed by atoms with Crippen LogP contribution >= 0.6 is 0 Å². The second-order valence-corrected chi connectivity index (χ2v) is 7.40. The van der Waals surface area contributed by atoms with Crippen molar-refractivity contribution >= 4 is 28.2 Å². The highest BCUT2D eigenvalue weighted by Gasteiger charge is 2.43. The molecule has 26 heavy (non-hydrogen) atoms. The van der Waals surface area contributed by atoms with Gasteiger partial charge in [0.05, 0.1) is 11.3 Å². The Labute approximate surface area is 151 Å². The summed E-state index contributed by atoms with van der Waals surface area (Å²) in [6, 6.07) is 9.47. The summed E-state index contributed by atoms with van der Waals surface area (Å²) in [5.41, 5.74) is 0.215. The molecule has 2 aromatic rings. The molecule has 0 fully saturated rings. The van der Waals surface area contributed by atoms with Gasteiger partial charge in [-0.1, -0.05) is 24.3 Å². The molecule has 0 saturated heterocycles. The number of carbonyl (C=O) groups excluding carboxylic acids is 1. The van der Waals surface area contributed by atoms with Gasteiger partial charge in [-0.3, -0.25) is 4.79 Å². The zero-order valence-corrected chi connectivity index (χ0v) is 14.9. The van der Waals surface area contributed by atoms with E-state index in [1.165, 1.54) is 0 Å². The number of ether oxygens (including phenoxy) is 1. The second-order valence-electron chi connectivity index (χ2n) is 6.47. The van der Waals surface area contributed by atoms with E-state index in [0.717, 1.165) is 18.2 Å². The van der Waals surface area contributed by atoms with Crippen molar-refractivity contribution in [2.45, 2.75) is 25.2 Å². The lowest BCUT2D eigenvalue weighted by atomic mass is 9.92. The first-order valence-electron chi connectivity index (χ1n) is 7.79. The van der Waals surface area contributed by atoms with Crippen LogP contribution in [0.25, 0.3) is 11.3 Å². The molecule has 1 heterocycles. The average Bonchev–Trinajstić information content (AvgIpc) is 2.77. The van der Waals surface area contributed by atoms with Gasteiger partial charge in [-0.25, -0.2) is 13.0 Å². The molecular formula is C19H16F2O4S. The Hall–Kier alpha value is -2.38. The predicted octanol–water partition coefficient (Wildman–Crippen LogP) is 3.93. The smallest absolute Gasteiger partial charge is 0.210 e. The lowest BCUT2D eigenvalue weighted by Gasteiger charge is -2.18. The lowest BCUT2D eigenvalue weighted by Crippen LogP contribution is -2.29. The molecule has 0 aliphatic carbocycles. The summed E-state index contributed by atoms with van der Waals surface area (Å²) in [6.07, 6.45) is 0. The van der Waals surface area contributed by atoms with Crippen molar-refractivity contribution in [3.8, 4) is 0 Å². The van der Waals surface area contributed by atoms with Crippen LogP contribution in [-0.4, -0.2) is 20.1 Å². The number of ketones is 1. The Balaban J connectivity index is 2.12. The summed E-state index contributed by atoms with van der Waals surface area (Å²) in [5.74, 6) is -1.75. The van der Waals surface area contributed by atoms with E-state index >= 15 is 0 Å². The number of hydrogen-bond acceptors (Lipinski definition) is 3. The predicted molar refractivity (Wildman–Crippen MR) is 94.3 cm³/mol. The fourth-order valence-corrected chi connectivity index (χ4v) is 3.29. The maximum absolute atomic E-state index is 13.6. The van der Waals surface area contributed by atoms with E-state index in [9.17, 15) is 17.8 Å². The minimum absolute atomic E-state index is 0.0213. The van der Waals surface area contributed by atoms with Crippen molar-refractivity contribution in [1.29, 1.82) is 0 Å². The first-order chi connectivity index (χ1) is 12.2. The van der Waals surface area contributed by atoms with Crippen molar-refractivity contribution < 1.29 is 27.1 Å². The Morgan fingerprint density at radius 1 is 1.04 bits per heavy atom. The summed E-state index contributed by atoms with van der Waals surface area (Å²) in [5, 5.41) is 0. The van der Waals surface area contributed by atoms with E-state index in [0.29, 0.717) is 11.1 Å². The van der Waals surface area contributed by atoms with Crippen LogP contribution in [0.1, 0.15) is 30.5 Å². The number of hydrogen-bond donors (Lipinski definition) is 1. The minimum atomic E-state index is -1.97. The molecule has 7 heteroatoms. The molecule has 2 aromatic carbocycles. The topological polar surface area (TPSA) is 63.6 Å². The highest BCUT2D eigenvalue weighted by atomic mass is 32.2. The molecule has 1 N–H and O–H groups in total. The van der Waals surface area contributed by atoms with Gasteiger partial charge in [0, 0.05) is 11.6 Å². The summed E-state index contributed by atoms with van der Waals surface area (Å²) in [4.78, 5) is 12.7. The first kappa shape index (κ1) is 18.4. The van der Waals surface area contributed by atoms with Crippen LogP contribution in [0, 0.1) is 11.6 Å². The Morgan fingerprint density at radius 3 is 2.15 bits per heavy atom. The van der Waals surface area contributed by atoms with E-state index < -0.39 is 28.3 Å². The van der Waals surface area contributed by atoms with Crippen molar-refractivity contribution in [1.82, 2.24) is 0 Å². The number of benzene rings is 2. The molecule has 0 amide bonds. The van der Waals surface area contributed by atoms with Crippen molar-refractivity contribution in [3.63, 3.8) is 0 Å². The molecule has 136 valence electrons. The normalized spacial score (nSPS) is 17.3. The first-order valence-corrected chi connectivity index (χ1v) is 9.06. The zero-order valence-electron chi connectivity index (χ0n) is 14.1. The largest absolute Gasteiger partial charge is 0.478 e. The summed E-state index contributed by atoms with van der Waals surface area (Å²) in [6.45, 7) is 3.17. The number of Topliss-reactive ketones (excluding diaryl/α,β-unsaturated/α-hetero) is 1. The monoisotopic (exact) mass is 378 g/mol. The minimum Gasteiger partial charge on any atom is -0.478 e. The van der Waals surface area contributed by atoms with Gasteiger partial charge in [0.2, 0.25) is 5.78 Å². The third-order valence-corrected chi connectivity index (χ3v) is 4.60. The molecule has 0 saturated carbocycles. The number of halogens is 2. The van der Waals surface area contributed by atoms with E-state index in [1.54, 1.807) is 38.1 Å². The molecule has 1 atom stereocenters. The zero-order chi connectivity index (χ0) is 19.1. The maximum atomic E-state index is 13.6. The van der Waals surface area contributed by atoms with Crippen LogP contribution < -0.4 is 0 Å². The molecule has 0 spiro atoms. The maximum Gasteiger partial charge on any atom is 0.210 e. The van der Waals surface area contributed by atoms with E-state index in [1.807, 2.05) is 0 Å². The highest BCUT2D eigenvalue weighted by molar-refractivity contribution is 7.78. The van der Waals surface area contributed by atoms with E-state index in [2.05, 4.69) is 0 Å². The van der Waals surface area contributed by atoms with E-state index in [-0.39, 0.29) is 28.4 Å². The third-order valence-electron chi connectivity index (χ3n) is 4.02. The molecule has 1 unspecified atom stereocenters. The third kappa shape index (κ3) is 3.59. The van der Waals surface area contributed by atoms with Gasteiger partial charge in [0.15, 0.2) is 16.7 Å².